The van der Waals surface area contributed by atoms with Crippen molar-refractivity contribution in [3.8, 4) is 0 Å². The molecule has 0 saturated carbocycles. The Bertz CT molecular complexity index is 735. The lowest BCUT2D eigenvalue weighted by Crippen LogP contribution is -2.14. The van der Waals surface area contributed by atoms with E-state index in [0.29, 0.717) is 42.4 Å². The molecule has 0 aliphatic heterocycles. The molecule has 2 aromatic rings. The number of rotatable bonds is 5. The van der Waals surface area contributed by atoms with Crippen LogP contribution in [0.1, 0.15) is 50.9 Å². The number of aromatic nitrogens is 2. The second-order valence-electron chi connectivity index (χ2n) is 6.85. The number of amides is 1. The van der Waals surface area contributed by atoms with E-state index in [-0.39, 0.29) is 11.3 Å². The number of halogens is 1. The maximum absolute atomic E-state index is 12.1. The van der Waals surface area contributed by atoms with Crippen LogP contribution in [0.3, 0.4) is 0 Å². The van der Waals surface area contributed by atoms with Gasteiger partial charge in [0.25, 0.3) is 0 Å². The van der Waals surface area contributed by atoms with Crippen LogP contribution in [0.2, 0.25) is 0 Å². The molecule has 0 unspecified atom stereocenters. The van der Waals surface area contributed by atoms with E-state index < -0.39 is 0 Å². The fourth-order valence-electron chi connectivity index (χ4n) is 2.13. The van der Waals surface area contributed by atoms with Gasteiger partial charge in [-0.2, -0.15) is 4.98 Å². The molecule has 130 valence electrons. The van der Waals surface area contributed by atoms with E-state index >= 15 is 0 Å². The molecule has 1 aromatic carbocycles. The second-order valence-corrected chi connectivity index (χ2v) is 7.76. The van der Waals surface area contributed by atoms with E-state index in [4.69, 9.17) is 10.3 Å². The first kappa shape index (κ1) is 18.4. The molecule has 0 aliphatic carbocycles. The van der Waals surface area contributed by atoms with Crippen LogP contribution in [0.15, 0.2) is 21.1 Å². The third kappa shape index (κ3) is 4.80. The van der Waals surface area contributed by atoms with Crippen LogP contribution in [0, 0.1) is 6.92 Å². The summed E-state index contributed by atoms with van der Waals surface area (Å²) in [5.74, 6) is 1.15. The molecular formula is C17H23BrN4O2. The Morgan fingerprint density at radius 1 is 1.38 bits per heavy atom. The number of aryl methyl sites for hydroxylation is 2. The average Bonchev–Trinajstić information content (AvgIpc) is 2.93. The van der Waals surface area contributed by atoms with Crippen LogP contribution < -0.4 is 11.1 Å². The molecule has 0 aliphatic rings. The number of carbonyl (C=O) groups is 1. The summed E-state index contributed by atoms with van der Waals surface area (Å²) in [6.07, 6.45) is 1.56. The van der Waals surface area contributed by atoms with Gasteiger partial charge in [-0.3, -0.25) is 4.79 Å². The molecule has 7 heteroatoms. The van der Waals surface area contributed by atoms with Gasteiger partial charge in [-0.05, 0) is 31.0 Å². The zero-order chi connectivity index (χ0) is 17.9. The van der Waals surface area contributed by atoms with Gasteiger partial charge in [0.1, 0.15) is 0 Å². The molecule has 0 saturated heterocycles. The number of hydrogen-bond acceptors (Lipinski definition) is 5. The van der Waals surface area contributed by atoms with E-state index in [9.17, 15) is 4.79 Å². The van der Waals surface area contributed by atoms with Gasteiger partial charge in [0.05, 0.1) is 11.4 Å². The SMILES string of the molecule is Cc1cc(Br)cc(NC(=O)CCCc2nc(C(C)(C)C)no2)c1N. The van der Waals surface area contributed by atoms with Crippen molar-refractivity contribution < 1.29 is 9.32 Å². The van der Waals surface area contributed by atoms with E-state index in [1.807, 2.05) is 33.8 Å². The minimum absolute atomic E-state index is 0.0882. The van der Waals surface area contributed by atoms with Gasteiger partial charge >= 0.3 is 0 Å². The highest BCUT2D eigenvalue weighted by Gasteiger charge is 2.20. The molecule has 6 nitrogen and oxygen atoms in total. The smallest absolute Gasteiger partial charge is 0.226 e. The predicted octanol–water partition coefficient (Wildman–Crippen LogP) is 3.98. The topological polar surface area (TPSA) is 94.0 Å². The molecule has 0 radical (unpaired) electrons. The first-order valence-electron chi connectivity index (χ1n) is 7.85. The fraction of sp³-hybridized carbons (Fsp3) is 0.471. The number of anilines is 2. The molecule has 0 bridgehead atoms. The highest BCUT2D eigenvalue weighted by molar-refractivity contribution is 9.10. The average molecular weight is 395 g/mol. The van der Waals surface area contributed by atoms with Crippen molar-refractivity contribution in [2.75, 3.05) is 11.1 Å². The van der Waals surface area contributed by atoms with Crippen molar-refractivity contribution in [3.63, 3.8) is 0 Å². The van der Waals surface area contributed by atoms with Crippen molar-refractivity contribution in [1.82, 2.24) is 10.1 Å². The Labute approximate surface area is 150 Å². The normalized spacial score (nSPS) is 11.5. The number of nitrogens with one attached hydrogen (secondary N) is 1. The molecule has 0 atom stereocenters. The predicted molar refractivity (Wildman–Crippen MR) is 97.9 cm³/mol. The standard InChI is InChI=1S/C17H23BrN4O2/c1-10-8-11(18)9-12(15(10)19)20-13(23)6-5-7-14-21-16(22-24-14)17(2,3)4/h8-9H,5-7,19H2,1-4H3,(H,20,23). The largest absolute Gasteiger partial charge is 0.397 e. The van der Waals surface area contributed by atoms with Crippen molar-refractivity contribution in [2.24, 2.45) is 0 Å². The van der Waals surface area contributed by atoms with Gasteiger partial charge in [-0.25, -0.2) is 0 Å². The zero-order valence-corrected chi connectivity index (χ0v) is 16.0. The van der Waals surface area contributed by atoms with Gasteiger partial charge in [0.15, 0.2) is 5.82 Å². The van der Waals surface area contributed by atoms with Crippen LogP contribution in [0.4, 0.5) is 11.4 Å². The van der Waals surface area contributed by atoms with Gasteiger partial charge in [0, 0.05) is 22.7 Å². The Morgan fingerprint density at radius 3 is 2.71 bits per heavy atom. The van der Waals surface area contributed by atoms with E-state index in [1.54, 1.807) is 6.07 Å². The Balaban J connectivity index is 1.87. The molecular weight excluding hydrogens is 372 g/mol. The van der Waals surface area contributed by atoms with Crippen molar-refractivity contribution in [2.45, 2.75) is 52.4 Å². The molecule has 24 heavy (non-hydrogen) atoms. The third-order valence-electron chi connectivity index (χ3n) is 3.56. The van der Waals surface area contributed by atoms with Gasteiger partial charge in [-0.15, -0.1) is 0 Å². The number of nitrogen functional groups attached to an aromatic ring is 1. The molecule has 2 rings (SSSR count). The van der Waals surface area contributed by atoms with Gasteiger partial charge in [0.2, 0.25) is 11.8 Å². The van der Waals surface area contributed by atoms with E-state index in [0.717, 1.165) is 10.0 Å². The number of nitrogens with zero attached hydrogens (tertiary/aromatic N) is 2. The van der Waals surface area contributed by atoms with Gasteiger partial charge in [-0.1, -0.05) is 41.9 Å². The number of nitrogens with two attached hydrogens (primary N) is 1. The summed E-state index contributed by atoms with van der Waals surface area (Å²) in [6.45, 7) is 7.98. The number of carbonyl (C=O) groups excluding carboxylic acids is 1. The second kappa shape index (κ2) is 7.34. The summed E-state index contributed by atoms with van der Waals surface area (Å²) in [5, 5.41) is 6.82. The molecule has 1 amide bonds. The Morgan fingerprint density at radius 2 is 2.08 bits per heavy atom. The van der Waals surface area contributed by atoms with Crippen molar-refractivity contribution >= 4 is 33.2 Å². The van der Waals surface area contributed by atoms with Crippen LogP contribution in [-0.4, -0.2) is 16.0 Å². The molecule has 3 N–H and O–H groups in total. The molecule has 1 heterocycles. The van der Waals surface area contributed by atoms with Crippen LogP contribution in [0.5, 0.6) is 0 Å². The zero-order valence-electron chi connectivity index (χ0n) is 14.4. The summed E-state index contributed by atoms with van der Waals surface area (Å²) in [4.78, 5) is 16.5. The third-order valence-corrected chi connectivity index (χ3v) is 4.02. The summed E-state index contributed by atoms with van der Waals surface area (Å²) in [6, 6.07) is 3.71. The summed E-state index contributed by atoms with van der Waals surface area (Å²) >= 11 is 3.40. The number of hydrogen-bond donors (Lipinski definition) is 2. The lowest BCUT2D eigenvalue weighted by atomic mass is 9.96. The minimum atomic E-state index is -0.144. The quantitative estimate of drug-likeness (QED) is 0.747. The van der Waals surface area contributed by atoms with Crippen LogP contribution in [-0.2, 0) is 16.6 Å². The van der Waals surface area contributed by atoms with Crippen molar-refractivity contribution in [1.29, 1.82) is 0 Å². The monoisotopic (exact) mass is 394 g/mol. The summed E-state index contributed by atoms with van der Waals surface area (Å²) in [7, 11) is 0. The van der Waals surface area contributed by atoms with Crippen LogP contribution >= 0.6 is 15.9 Å². The molecule has 0 spiro atoms. The van der Waals surface area contributed by atoms with E-state index in [2.05, 4.69) is 31.4 Å². The van der Waals surface area contributed by atoms with Crippen molar-refractivity contribution in [3.05, 3.63) is 33.9 Å². The van der Waals surface area contributed by atoms with E-state index in [1.165, 1.54) is 0 Å². The highest BCUT2D eigenvalue weighted by Crippen LogP contribution is 2.27. The molecule has 1 aromatic heterocycles. The Hall–Kier alpha value is -1.89. The Kier molecular flexibility index (Phi) is 5.64. The van der Waals surface area contributed by atoms with Gasteiger partial charge < -0.3 is 15.6 Å². The first-order chi connectivity index (χ1) is 11.2. The lowest BCUT2D eigenvalue weighted by molar-refractivity contribution is -0.116. The summed E-state index contributed by atoms with van der Waals surface area (Å²) in [5.41, 5.74) is 7.97. The fourth-order valence-corrected chi connectivity index (χ4v) is 2.70. The highest BCUT2D eigenvalue weighted by atomic mass is 79.9. The maximum atomic E-state index is 12.1. The van der Waals surface area contributed by atoms with Crippen LogP contribution in [0.25, 0.3) is 0 Å². The number of benzene rings is 1. The first-order valence-corrected chi connectivity index (χ1v) is 8.64. The maximum Gasteiger partial charge on any atom is 0.226 e. The molecule has 0 fully saturated rings. The summed E-state index contributed by atoms with van der Waals surface area (Å²) < 4.78 is 6.10. The lowest BCUT2D eigenvalue weighted by Gasteiger charge is -2.11. The minimum Gasteiger partial charge on any atom is -0.397 e.